The van der Waals surface area contributed by atoms with Gasteiger partial charge in [0, 0.05) is 29.4 Å². The molecule has 0 aliphatic heterocycles. The van der Waals surface area contributed by atoms with Crippen molar-refractivity contribution < 1.29 is 36.9 Å². The molecular weight excluding hydrogens is 495 g/mol. The van der Waals surface area contributed by atoms with Crippen LogP contribution in [-0.4, -0.2) is 52.8 Å². The Morgan fingerprint density at radius 1 is 1.05 bits per heavy atom. The van der Waals surface area contributed by atoms with Crippen molar-refractivity contribution in [3.05, 3.63) is 60.2 Å². The zero-order valence-corrected chi connectivity index (χ0v) is 20.0. The zero-order valence-electron chi connectivity index (χ0n) is 20.0. The Labute approximate surface area is 208 Å². The lowest BCUT2D eigenvalue weighted by molar-refractivity contribution is -0.325. The van der Waals surface area contributed by atoms with Crippen molar-refractivity contribution in [3.63, 3.8) is 0 Å². The molecular formula is C24H22F3N5O5. The minimum atomic E-state index is -4.73. The number of nitrogens with zero attached hydrogens (tertiary/aromatic N) is 4. The van der Waals surface area contributed by atoms with Crippen LogP contribution in [0.4, 0.5) is 19.0 Å². The average Bonchev–Trinajstić information content (AvgIpc) is 3.24. The molecule has 0 atom stereocenters. The van der Waals surface area contributed by atoms with Crippen LogP contribution < -0.4 is 19.5 Å². The number of aromatic nitrogens is 4. The van der Waals surface area contributed by atoms with E-state index < -0.39 is 18.9 Å². The van der Waals surface area contributed by atoms with Crippen LogP contribution in [0.15, 0.2) is 48.9 Å². The highest BCUT2D eigenvalue weighted by molar-refractivity contribution is 6.03. The van der Waals surface area contributed by atoms with E-state index in [1.54, 1.807) is 43.5 Å². The number of benzene rings is 1. The first-order valence-corrected chi connectivity index (χ1v) is 10.9. The number of rotatable bonds is 9. The van der Waals surface area contributed by atoms with Crippen molar-refractivity contribution in [3.8, 4) is 23.0 Å². The Morgan fingerprint density at radius 2 is 1.81 bits per heavy atom. The van der Waals surface area contributed by atoms with E-state index in [1.807, 2.05) is 0 Å². The number of nitrogens with one attached hydrogen (secondary N) is 1. The number of hydrogen-bond acceptors (Lipinski definition) is 8. The highest BCUT2D eigenvalue weighted by atomic mass is 19.4. The highest BCUT2D eigenvalue weighted by Crippen LogP contribution is 2.36. The first-order valence-electron chi connectivity index (χ1n) is 10.9. The number of pyridine rings is 2. The van der Waals surface area contributed by atoms with Gasteiger partial charge in [-0.25, -0.2) is 4.98 Å². The van der Waals surface area contributed by atoms with E-state index in [2.05, 4.69) is 25.1 Å². The molecule has 0 spiro atoms. The van der Waals surface area contributed by atoms with E-state index in [4.69, 9.17) is 14.2 Å². The summed E-state index contributed by atoms with van der Waals surface area (Å²) in [5.41, 5.74) is 1.19. The Bertz CT molecular complexity index is 1410. The maximum atomic E-state index is 12.6. The minimum absolute atomic E-state index is 0.0572. The van der Waals surface area contributed by atoms with Crippen LogP contribution >= 0.6 is 0 Å². The van der Waals surface area contributed by atoms with Crippen molar-refractivity contribution in [2.24, 2.45) is 0 Å². The molecule has 0 saturated heterocycles. The van der Waals surface area contributed by atoms with Gasteiger partial charge in [0.05, 0.1) is 39.1 Å². The van der Waals surface area contributed by atoms with Gasteiger partial charge >= 0.3 is 6.36 Å². The molecule has 0 aliphatic carbocycles. The van der Waals surface area contributed by atoms with Gasteiger partial charge in [-0.15, -0.1) is 13.2 Å². The van der Waals surface area contributed by atoms with E-state index in [9.17, 15) is 18.0 Å². The van der Waals surface area contributed by atoms with Crippen molar-refractivity contribution in [2.45, 2.75) is 19.8 Å². The number of ether oxygens (including phenoxy) is 4. The van der Waals surface area contributed by atoms with Crippen molar-refractivity contribution in [1.82, 2.24) is 19.7 Å². The van der Waals surface area contributed by atoms with Crippen molar-refractivity contribution in [1.29, 1.82) is 0 Å². The molecule has 1 amide bonds. The van der Waals surface area contributed by atoms with Crippen molar-refractivity contribution >= 4 is 22.6 Å². The van der Waals surface area contributed by atoms with Gasteiger partial charge in [0.2, 0.25) is 0 Å². The number of methoxy groups -OCH3 is 2. The monoisotopic (exact) mass is 517 g/mol. The standard InChI is InChI=1S/C24H22F3N5O5/c1-14-13-32(8-9-36-24(25,26)27)31-22(14)23(33)30-21-5-4-15(12-29-21)37-18-6-7-28-17-11-20(35-3)19(34-2)10-16(17)18/h4-7,10-13H,8-9H2,1-3H3,(H,29,30,33). The van der Waals surface area contributed by atoms with Crippen LogP contribution in [0.2, 0.25) is 0 Å². The third-order valence-electron chi connectivity index (χ3n) is 5.16. The number of fused-ring (bicyclic) bond motifs is 1. The Balaban J connectivity index is 1.43. The predicted molar refractivity (Wildman–Crippen MR) is 126 cm³/mol. The summed E-state index contributed by atoms with van der Waals surface area (Å²) in [6.07, 6.45) is -0.234. The third-order valence-corrected chi connectivity index (χ3v) is 5.16. The summed E-state index contributed by atoms with van der Waals surface area (Å²) in [7, 11) is 3.07. The molecule has 13 heteroatoms. The minimum Gasteiger partial charge on any atom is -0.493 e. The second-order valence-electron chi connectivity index (χ2n) is 7.69. The quantitative estimate of drug-likeness (QED) is 0.339. The fraction of sp³-hybridized carbons (Fsp3) is 0.250. The van der Waals surface area contributed by atoms with Crippen molar-refractivity contribution in [2.75, 3.05) is 26.1 Å². The van der Waals surface area contributed by atoms with Crippen LogP contribution in [0.5, 0.6) is 23.0 Å². The molecule has 0 saturated carbocycles. The molecule has 4 aromatic rings. The summed E-state index contributed by atoms with van der Waals surface area (Å²) >= 11 is 0. The molecule has 37 heavy (non-hydrogen) atoms. The fourth-order valence-electron chi connectivity index (χ4n) is 3.47. The Morgan fingerprint density at radius 3 is 2.49 bits per heavy atom. The van der Waals surface area contributed by atoms with E-state index in [0.717, 1.165) is 0 Å². The molecule has 1 N–H and O–H groups in total. The normalized spacial score (nSPS) is 11.4. The Kier molecular flexibility index (Phi) is 7.43. The van der Waals surface area contributed by atoms with Gasteiger partial charge in [0.1, 0.15) is 17.3 Å². The number of amides is 1. The number of anilines is 1. The van der Waals surface area contributed by atoms with E-state index in [-0.39, 0.29) is 18.1 Å². The van der Waals surface area contributed by atoms with Gasteiger partial charge < -0.3 is 19.5 Å². The summed E-state index contributed by atoms with van der Waals surface area (Å²) in [6, 6.07) is 8.36. The van der Waals surface area contributed by atoms with Crippen LogP contribution in [-0.2, 0) is 11.3 Å². The molecule has 0 fully saturated rings. The van der Waals surface area contributed by atoms with Gasteiger partial charge in [-0.1, -0.05) is 0 Å². The second-order valence-corrected chi connectivity index (χ2v) is 7.69. The van der Waals surface area contributed by atoms with Gasteiger partial charge in [0.25, 0.3) is 5.91 Å². The molecule has 1 aromatic carbocycles. The third kappa shape index (κ3) is 6.25. The lowest BCUT2D eigenvalue weighted by Gasteiger charge is -2.12. The van der Waals surface area contributed by atoms with Crippen LogP contribution in [0, 0.1) is 6.92 Å². The first-order chi connectivity index (χ1) is 17.7. The average molecular weight is 517 g/mol. The number of alkyl halides is 3. The number of aryl methyl sites for hydroxylation is 1. The molecule has 3 heterocycles. The van der Waals surface area contributed by atoms with Gasteiger partial charge in [-0.2, -0.15) is 5.10 Å². The number of carbonyl (C=O) groups is 1. The SMILES string of the molecule is COc1cc2nccc(Oc3ccc(NC(=O)c4nn(CCOC(F)(F)F)cc4C)nc3)c2cc1OC. The zero-order chi connectivity index (χ0) is 26.6. The Hall–Kier alpha value is -4.39. The summed E-state index contributed by atoms with van der Waals surface area (Å²) in [5.74, 6) is 1.66. The first kappa shape index (κ1) is 25.7. The molecule has 4 rings (SSSR count). The molecule has 0 radical (unpaired) electrons. The van der Waals surface area contributed by atoms with Crippen LogP contribution in [0.1, 0.15) is 16.1 Å². The lowest BCUT2D eigenvalue weighted by Crippen LogP contribution is -2.18. The topological polar surface area (TPSA) is 110 Å². The van der Waals surface area contributed by atoms with E-state index in [0.29, 0.717) is 39.5 Å². The molecule has 10 nitrogen and oxygen atoms in total. The largest absolute Gasteiger partial charge is 0.522 e. The highest BCUT2D eigenvalue weighted by Gasteiger charge is 2.28. The number of hydrogen-bond donors (Lipinski definition) is 1. The number of carbonyl (C=O) groups excluding carboxylic acids is 1. The summed E-state index contributed by atoms with van der Waals surface area (Å²) < 4.78 is 58.0. The second kappa shape index (κ2) is 10.7. The molecule has 0 aliphatic rings. The summed E-state index contributed by atoms with van der Waals surface area (Å²) in [4.78, 5) is 21.2. The lowest BCUT2D eigenvalue weighted by atomic mass is 10.2. The van der Waals surface area contributed by atoms with E-state index >= 15 is 0 Å². The summed E-state index contributed by atoms with van der Waals surface area (Å²) in [6.45, 7) is 0.832. The van der Waals surface area contributed by atoms with Gasteiger partial charge in [-0.05, 0) is 31.2 Å². The summed E-state index contributed by atoms with van der Waals surface area (Å²) in [5, 5.41) is 7.34. The smallest absolute Gasteiger partial charge is 0.493 e. The fourth-order valence-corrected chi connectivity index (χ4v) is 3.47. The van der Waals surface area contributed by atoms with Gasteiger partial charge in [-0.3, -0.25) is 19.2 Å². The predicted octanol–water partition coefficient (Wildman–Crippen LogP) is 4.73. The van der Waals surface area contributed by atoms with Crippen LogP contribution in [0.3, 0.4) is 0 Å². The molecule has 0 bridgehead atoms. The molecule has 3 aromatic heterocycles. The molecule has 0 unspecified atom stereocenters. The molecule has 194 valence electrons. The van der Waals surface area contributed by atoms with Gasteiger partial charge in [0.15, 0.2) is 17.2 Å². The number of halogens is 3. The van der Waals surface area contributed by atoms with E-state index in [1.165, 1.54) is 31.3 Å². The van der Waals surface area contributed by atoms with Crippen LogP contribution in [0.25, 0.3) is 10.9 Å². The maximum absolute atomic E-state index is 12.6. The maximum Gasteiger partial charge on any atom is 0.522 e.